The average Bonchev–Trinajstić information content (AvgIpc) is 3.40. The van der Waals surface area contributed by atoms with Crippen LogP contribution in [0, 0.1) is 57.1 Å². The van der Waals surface area contributed by atoms with Crippen molar-refractivity contribution in [2.24, 2.45) is 51.2 Å². The number of nitrogens with zero attached hydrogens (tertiary/aromatic N) is 1. The Bertz CT molecular complexity index is 1610. The van der Waals surface area contributed by atoms with Crippen LogP contribution in [0.5, 0.6) is 0 Å². The minimum Gasteiger partial charge on any atom is -0.478 e. The first-order chi connectivity index (χ1) is 23.0. The Kier molecular flexibility index (Phi) is 8.83. The van der Waals surface area contributed by atoms with Crippen LogP contribution in [-0.4, -0.2) is 67.6 Å². The van der Waals surface area contributed by atoms with E-state index in [1.165, 1.54) is 75.5 Å². The van der Waals surface area contributed by atoms with Gasteiger partial charge in [-0.25, -0.2) is 17.6 Å². The van der Waals surface area contributed by atoms with Gasteiger partial charge in [0, 0.05) is 31.7 Å². The summed E-state index contributed by atoms with van der Waals surface area (Å²) in [6.07, 6.45) is 14.7. The summed E-state index contributed by atoms with van der Waals surface area (Å²) >= 11 is 0. The van der Waals surface area contributed by atoms with E-state index in [-0.39, 0.29) is 32.8 Å². The first-order valence-corrected chi connectivity index (χ1v) is 21.3. The molecule has 7 rings (SSSR count). The zero-order valence-corrected chi connectivity index (χ0v) is 31.7. The number of carboxylic acids is 1. The summed E-state index contributed by atoms with van der Waals surface area (Å²) in [5.41, 5.74) is 2.48. The molecule has 1 aromatic carbocycles. The van der Waals surface area contributed by atoms with Crippen molar-refractivity contribution in [3.63, 3.8) is 0 Å². The van der Waals surface area contributed by atoms with Crippen molar-refractivity contribution in [1.82, 2.24) is 10.2 Å². The molecule has 6 aliphatic rings. The van der Waals surface area contributed by atoms with E-state index in [1.54, 1.807) is 0 Å². The molecular weight excluding hydrogens is 636 g/mol. The molecular formula is C41H61FN2O4S. The molecule has 2 N–H and O–H groups in total. The lowest BCUT2D eigenvalue weighted by molar-refractivity contribution is -0.220. The van der Waals surface area contributed by atoms with Crippen LogP contribution in [0.25, 0.3) is 5.57 Å². The van der Waals surface area contributed by atoms with Crippen LogP contribution in [0.15, 0.2) is 24.3 Å². The van der Waals surface area contributed by atoms with Crippen LogP contribution < -0.4 is 5.32 Å². The molecule has 5 aliphatic carbocycles. The highest BCUT2D eigenvalue weighted by Crippen LogP contribution is 2.76. The molecule has 9 atom stereocenters. The summed E-state index contributed by atoms with van der Waals surface area (Å²) in [6, 6.07) is 4.69. The highest BCUT2D eigenvalue weighted by atomic mass is 32.2. The molecule has 1 saturated heterocycles. The Morgan fingerprint density at radius 2 is 1.69 bits per heavy atom. The maximum absolute atomic E-state index is 14.9. The molecule has 1 aliphatic heterocycles. The van der Waals surface area contributed by atoms with Gasteiger partial charge in [0.2, 0.25) is 0 Å². The van der Waals surface area contributed by atoms with Crippen LogP contribution in [0.1, 0.15) is 122 Å². The van der Waals surface area contributed by atoms with E-state index in [2.05, 4.69) is 57.8 Å². The monoisotopic (exact) mass is 696 g/mol. The summed E-state index contributed by atoms with van der Waals surface area (Å²) < 4.78 is 38.9. The Hall–Kier alpha value is -1.77. The van der Waals surface area contributed by atoms with Gasteiger partial charge in [0.15, 0.2) is 9.84 Å². The summed E-state index contributed by atoms with van der Waals surface area (Å²) in [4.78, 5) is 13.9. The van der Waals surface area contributed by atoms with Gasteiger partial charge >= 0.3 is 5.97 Å². The second kappa shape index (κ2) is 12.1. The third kappa shape index (κ3) is 5.42. The molecule has 272 valence electrons. The Morgan fingerprint density at radius 3 is 2.37 bits per heavy atom. The van der Waals surface area contributed by atoms with Gasteiger partial charge in [0.25, 0.3) is 0 Å². The molecule has 8 heteroatoms. The lowest BCUT2D eigenvalue weighted by Gasteiger charge is -2.72. The topological polar surface area (TPSA) is 86.7 Å². The molecule has 49 heavy (non-hydrogen) atoms. The largest absolute Gasteiger partial charge is 0.478 e. The molecule has 0 radical (unpaired) electrons. The molecule has 0 bridgehead atoms. The van der Waals surface area contributed by atoms with E-state index in [0.29, 0.717) is 48.3 Å². The highest BCUT2D eigenvalue weighted by Gasteiger charge is 2.70. The van der Waals surface area contributed by atoms with Gasteiger partial charge < -0.3 is 15.3 Å². The molecule has 4 saturated carbocycles. The fourth-order valence-electron chi connectivity index (χ4n) is 13.9. The number of rotatable bonds is 7. The van der Waals surface area contributed by atoms with Crippen molar-refractivity contribution >= 4 is 21.4 Å². The van der Waals surface area contributed by atoms with Crippen molar-refractivity contribution < 1.29 is 22.7 Å². The number of carboxylic acid groups (broad SMARTS) is 1. The fourth-order valence-corrected chi connectivity index (χ4v) is 15.2. The summed E-state index contributed by atoms with van der Waals surface area (Å²) in [6.45, 7) is 18.3. The number of benzene rings is 1. The number of allylic oxidation sites excluding steroid dienone is 2. The molecule has 6 nitrogen and oxygen atoms in total. The zero-order chi connectivity index (χ0) is 35.2. The maximum Gasteiger partial charge on any atom is 0.338 e. The van der Waals surface area contributed by atoms with Crippen molar-refractivity contribution in [2.75, 3.05) is 37.7 Å². The van der Waals surface area contributed by atoms with E-state index in [4.69, 9.17) is 0 Å². The van der Waals surface area contributed by atoms with Crippen molar-refractivity contribution in [2.45, 2.75) is 111 Å². The predicted molar refractivity (Wildman–Crippen MR) is 195 cm³/mol. The first-order valence-electron chi connectivity index (χ1n) is 19.4. The summed E-state index contributed by atoms with van der Waals surface area (Å²) in [7, 11) is -2.86. The van der Waals surface area contributed by atoms with Crippen LogP contribution in [0.2, 0.25) is 0 Å². The third-order valence-electron chi connectivity index (χ3n) is 16.5. The van der Waals surface area contributed by atoms with Gasteiger partial charge in [0.05, 0.1) is 17.1 Å². The predicted octanol–water partition coefficient (Wildman–Crippen LogP) is 8.08. The van der Waals surface area contributed by atoms with Crippen molar-refractivity contribution in [3.8, 4) is 0 Å². The van der Waals surface area contributed by atoms with E-state index in [9.17, 15) is 22.7 Å². The molecule has 1 aromatic rings. The smallest absolute Gasteiger partial charge is 0.338 e. The van der Waals surface area contributed by atoms with Gasteiger partial charge in [-0.05, 0) is 132 Å². The standard InChI is InChI=1S/C41H61FN2O4S/c1-7-27-12-17-41(43-20-21-44-22-24-49(47,48)25-23-44)19-18-39(5)31(35(27)41)10-11-34-38(4)15-13-30(28-8-9-29(36(45)46)32(42)26-28)37(2,3)33(38)14-16-40(34,39)6/h8-9,13,26-27,31,33-35,43H,7,10-12,14-25H2,1-6H3,(H,45,46)/t27-,31-,33?,34?,35?,38+,39-,40-,41+/m1/s1. The highest BCUT2D eigenvalue weighted by molar-refractivity contribution is 7.91. The SMILES string of the molecule is CC[C@@H]1CC[C@]2(NCCN3CCS(=O)(=O)CC3)CC[C@]3(C)[C@H](CCC4[C@@]5(C)CC=C(c6ccc(C(=O)O)c(F)c6)C(C)(C)C5CC[C@]43C)C12. The second-order valence-electron chi connectivity index (χ2n) is 18.5. The van der Waals surface area contributed by atoms with E-state index < -0.39 is 21.6 Å². The van der Waals surface area contributed by atoms with E-state index >= 15 is 0 Å². The van der Waals surface area contributed by atoms with Crippen LogP contribution in [0.4, 0.5) is 4.39 Å². The van der Waals surface area contributed by atoms with Crippen molar-refractivity contribution in [3.05, 3.63) is 41.2 Å². The molecule has 1 heterocycles. The van der Waals surface area contributed by atoms with Gasteiger partial charge in [-0.1, -0.05) is 60.1 Å². The Morgan fingerprint density at radius 1 is 0.959 bits per heavy atom. The molecule has 0 spiro atoms. The Balaban J connectivity index is 1.14. The minimum absolute atomic E-state index is 0.147. The van der Waals surface area contributed by atoms with Crippen LogP contribution >= 0.6 is 0 Å². The summed E-state index contributed by atoms with van der Waals surface area (Å²) in [5, 5.41) is 13.6. The molecule has 3 unspecified atom stereocenters. The van der Waals surface area contributed by atoms with Gasteiger partial charge in [-0.2, -0.15) is 0 Å². The van der Waals surface area contributed by atoms with Gasteiger partial charge in [-0.3, -0.25) is 0 Å². The van der Waals surface area contributed by atoms with Gasteiger partial charge in [-0.15, -0.1) is 0 Å². The quantitative estimate of drug-likeness (QED) is 0.300. The number of fused-ring (bicyclic) bond motifs is 7. The lowest BCUT2D eigenvalue weighted by atomic mass is 9.33. The average molecular weight is 697 g/mol. The maximum atomic E-state index is 14.9. The fraction of sp³-hybridized carbons (Fsp3) is 0.780. The second-order valence-corrected chi connectivity index (χ2v) is 20.8. The first kappa shape index (κ1) is 35.6. The van der Waals surface area contributed by atoms with E-state index in [1.807, 2.05) is 6.07 Å². The number of halogens is 1. The number of hydrogen-bond donors (Lipinski definition) is 2. The molecule has 0 amide bonds. The lowest BCUT2D eigenvalue weighted by Crippen LogP contribution is -2.68. The summed E-state index contributed by atoms with van der Waals surface area (Å²) in [5.74, 6) is 1.98. The zero-order valence-electron chi connectivity index (χ0n) is 30.9. The van der Waals surface area contributed by atoms with E-state index in [0.717, 1.165) is 31.0 Å². The van der Waals surface area contributed by atoms with Crippen LogP contribution in [-0.2, 0) is 9.84 Å². The molecule has 5 fully saturated rings. The molecule has 0 aromatic heterocycles. The number of nitrogens with one attached hydrogen (secondary N) is 1. The number of carbonyl (C=O) groups is 1. The van der Waals surface area contributed by atoms with Crippen molar-refractivity contribution in [1.29, 1.82) is 0 Å². The third-order valence-corrected chi connectivity index (χ3v) is 18.1. The normalized spacial score (nSPS) is 42.7. The minimum atomic E-state index is -2.86. The Labute approximate surface area is 295 Å². The number of sulfone groups is 1. The van der Waals surface area contributed by atoms with Gasteiger partial charge in [0.1, 0.15) is 5.82 Å². The van der Waals surface area contributed by atoms with Crippen LogP contribution in [0.3, 0.4) is 0 Å². The number of aromatic carboxylic acids is 1. The number of hydrogen-bond acceptors (Lipinski definition) is 5.